The van der Waals surface area contributed by atoms with Crippen LogP contribution in [0.2, 0.25) is 0 Å². The van der Waals surface area contributed by atoms with E-state index < -0.39 is 0 Å². The molecular weight excluding hydrogens is 240 g/mol. The normalized spacial score (nSPS) is 20.0. The Kier molecular flexibility index (Phi) is 5.39. The second kappa shape index (κ2) is 7.05. The van der Waals surface area contributed by atoms with Gasteiger partial charge in [-0.15, -0.1) is 0 Å². The minimum atomic E-state index is 0.301. The smallest absolute Gasteiger partial charge is 0.0950 e. The fourth-order valence-electron chi connectivity index (χ4n) is 2.60. The predicted molar refractivity (Wildman–Crippen MR) is 77.1 cm³/mol. The minimum absolute atomic E-state index is 0.301. The molecule has 2 heterocycles. The molecule has 2 N–H and O–H groups in total. The summed E-state index contributed by atoms with van der Waals surface area (Å²) in [6.07, 6.45) is 3.54. The van der Waals surface area contributed by atoms with Crippen LogP contribution in [0, 0.1) is 0 Å². The Morgan fingerprint density at radius 2 is 2.05 bits per heavy atom. The van der Waals surface area contributed by atoms with Gasteiger partial charge in [-0.05, 0) is 20.2 Å². The summed E-state index contributed by atoms with van der Waals surface area (Å²) in [7, 11) is 4.25. The molecule has 5 nitrogen and oxygen atoms in total. The van der Waals surface area contributed by atoms with Crippen LogP contribution >= 0.6 is 0 Å². The van der Waals surface area contributed by atoms with Gasteiger partial charge < -0.3 is 15.1 Å². The largest absolute Gasteiger partial charge is 0.472 e. The van der Waals surface area contributed by atoms with E-state index >= 15 is 0 Å². The Labute approximate surface area is 115 Å². The summed E-state index contributed by atoms with van der Waals surface area (Å²) in [5.74, 6) is 0. The lowest BCUT2D eigenvalue weighted by atomic mass is 10.1. The van der Waals surface area contributed by atoms with Crippen LogP contribution in [0.25, 0.3) is 0 Å². The monoisotopic (exact) mass is 266 g/mol. The number of hydrogen-bond donors (Lipinski definition) is 1. The molecule has 0 radical (unpaired) electrons. The topological polar surface area (TPSA) is 48.9 Å². The van der Waals surface area contributed by atoms with E-state index in [4.69, 9.17) is 10.2 Å². The van der Waals surface area contributed by atoms with Crippen LogP contribution in [0.1, 0.15) is 11.6 Å². The van der Waals surface area contributed by atoms with E-state index in [1.54, 1.807) is 6.26 Å². The third-order valence-corrected chi connectivity index (χ3v) is 3.86. The average molecular weight is 266 g/mol. The van der Waals surface area contributed by atoms with Crippen molar-refractivity contribution in [2.24, 2.45) is 5.73 Å². The maximum atomic E-state index is 5.92. The number of rotatable bonds is 6. The molecule has 0 saturated carbocycles. The molecule has 19 heavy (non-hydrogen) atoms. The highest BCUT2D eigenvalue weighted by atomic mass is 16.3. The molecule has 1 aliphatic heterocycles. The molecule has 1 aliphatic rings. The molecule has 0 aliphatic carbocycles. The Bertz CT molecular complexity index is 344. The second-order valence-corrected chi connectivity index (χ2v) is 5.49. The molecule has 0 amide bonds. The van der Waals surface area contributed by atoms with E-state index in [0.29, 0.717) is 12.6 Å². The Balaban J connectivity index is 1.82. The Morgan fingerprint density at radius 1 is 1.32 bits per heavy atom. The van der Waals surface area contributed by atoms with Gasteiger partial charge in [0.05, 0.1) is 18.6 Å². The summed E-state index contributed by atoms with van der Waals surface area (Å²) < 4.78 is 5.18. The number of furan rings is 1. The van der Waals surface area contributed by atoms with E-state index in [1.807, 2.05) is 12.3 Å². The van der Waals surface area contributed by atoms with Crippen molar-refractivity contribution in [2.75, 3.05) is 59.9 Å². The molecule has 1 atom stereocenters. The van der Waals surface area contributed by atoms with Crippen molar-refractivity contribution >= 4 is 0 Å². The zero-order chi connectivity index (χ0) is 13.7. The predicted octanol–water partition coefficient (Wildman–Crippen LogP) is 0.459. The summed E-state index contributed by atoms with van der Waals surface area (Å²) in [6.45, 7) is 7.35. The van der Waals surface area contributed by atoms with Gasteiger partial charge in [0.25, 0.3) is 0 Å². The van der Waals surface area contributed by atoms with Crippen LogP contribution in [0.15, 0.2) is 23.0 Å². The standard InChI is InChI=1S/C14H26N4O/c1-16(2)4-5-17-6-8-18(9-7-17)14(11-15)13-3-10-19-12-13/h3,10,12,14H,4-9,11,15H2,1-2H3. The number of nitrogens with zero attached hydrogens (tertiary/aromatic N) is 3. The molecule has 1 aromatic heterocycles. The SMILES string of the molecule is CN(C)CCN1CCN(C(CN)c2ccoc2)CC1. The van der Waals surface area contributed by atoms with Crippen molar-refractivity contribution in [3.8, 4) is 0 Å². The first-order valence-corrected chi connectivity index (χ1v) is 7.04. The van der Waals surface area contributed by atoms with E-state index in [1.165, 1.54) is 5.56 Å². The van der Waals surface area contributed by atoms with Crippen LogP contribution in [0.3, 0.4) is 0 Å². The molecule has 1 unspecified atom stereocenters. The molecule has 1 saturated heterocycles. The number of piperazine rings is 1. The van der Waals surface area contributed by atoms with Crippen molar-refractivity contribution in [1.82, 2.24) is 14.7 Å². The average Bonchev–Trinajstić information content (AvgIpc) is 2.92. The van der Waals surface area contributed by atoms with Crippen LogP contribution < -0.4 is 5.73 Å². The van der Waals surface area contributed by atoms with Crippen LogP contribution in [0.4, 0.5) is 0 Å². The van der Waals surface area contributed by atoms with Gasteiger partial charge in [-0.1, -0.05) is 0 Å². The van der Waals surface area contributed by atoms with Gasteiger partial charge in [-0.3, -0.25) is 9.80 Å². The number of hydrogen-bond acceptors (Lipinski definition) is 5. The fourth-order valence-corrected chi connectivity index (χ4v) is 2.60. The van der Waals surface area contributed by atoms with Gasteiger partial charge in [0, 0.05) is 51.4 Å². The lowest BCUT2D eigenvalue weighted by molar-refractivity contribution is 0.0938. The van der Waals surface area contributed by atoms with Gasteiger partial charge in [0.15, 0.2) is 0 Å². The molecular formula is C14H26N4O. The quantitative estimate of drug-likeness (QED) is 0.810. The van der Waals surface area contributed by atoms with Crippen molar-refractivity contribution in [1.29, 1.82) is 0 Å². The van der Waals surface area contributed by atoms with E-state index in [-0.39, 0.29) is 0 Å². The van der Waals surface area contributed by atoms with Gasteiger partial charge in [-0.2, -0.15) is 0 Å². The number of nitrogens with two attached hydrogens (primary N) is 1. The van der Waals surface area contributed by atoms with Crippen LogP contribution in [-0.4, -0.2) is 74.6 Å². The first kappa shape index (κ1) is 14.5. The minimum Gasteiger partial charge on any atom is -0.472 e. The zero-order valence-corrected chi connectivity index (χ0v) is 12.1. The molecule has 1 fully saturated rings. The Hall–Kier alpha value is -0.880. The summed E-state index contributed by atoms with van der Waals surface area (Å²) in [5, 5.41) is 0. The van der Waals surface area contributed by atoms with Crippen LogP contribution in [-0.2, 0) is 0 Å². The molecule has 2 rings (SSSR count). The summed E-state index contributed by atoms with van der Waals surface area (Å²) in [4.78, 5) is 7.23. The lowest BCUT2D eigenvalue weighted by Gasteiger charge is -2.39. The van der Waals surface area contributed by atoms with Crippen molar-refractivity contribution in [3.63, 3.8) is 0 Å². The first-order valence-electron chi connectivity index (χ1n) is 7.04. The highest BCUT2D eigenvalue weighted by molar-refractivity contribution is 5.12. The van der Waals surface area contributed by atoms with Crippen molar-refractivity contribution in [3.05, 3.63) is 24.2 Å². The van der Waals surface area contributed by atoms with Gasteiger partial charge in [-0.25, -0.2) is 0 Å². The van der Waals surface area contributed by atoms with Gasteiger partial charge >= 0.3 is 0 Å². The summed E-state index contributed by atoms with van der Waals surface area (Å²) >= 11 is 0. The fraction of sp³-hybridized carbons (Fsp3) is 0.714. The highest BCUT2D eigenvalue weighted by Gasteiger charge is 2.24. The van der Waals surface area contributed by atoms with E-state index in [0.717, 1.165) is 39.3 Å². The molecule has 0 bridgehead atoms. The molecule has 0 aromatic carbocycles. The molecule has 5 heteroatoms. The van der Waals surface area contributed by atoms with Gasteiger partial charge in [0.2, 0.25) is 0 Å². The third kappa shape index (κ3) is 4.04. The van der Waals surface area contributed by atoms with Gasteiger partial charge in [0.1, 0.15) is 0 Å². The number of likely N-dealkylation sites (N-methyl/N-ethyl adjacent to an activating group) is 1. The van der Waals surface area contributed by atoms with Crippen molar-refractivity contribution < 1.29 is 4.42 Å². The summed E-state index contributed by atoms with van der Waals surface area (Å²) in [5.41, 5.74) is 7.12. The highest BCUT2D eigenvalue weighted by Crippen LogP contribution is 2.21. The molecule has 1 aromatic rings. The third-order valence-electron chi connectivity index (χ3n) is 3.86. The van der Waals surface area contributed by atoms with Crippen LogP contribution in [0.5, 0.6) is 0 Å². The summed E-state index contributed by atoms with van der Waals surface area (Å²) in [6, 6.07) is 2.32. The maximum absolute atomic E-state index is 5.92. The second-order valence-electron chi connectivity index (χ2n) is 5.49. The molecule has 108 valence electrons. The first-order chi connectivity index (χ1) is 9.20. The molecule has 0 spiro atoms. The van der Waals surface area contributed by atoms with E-state index in [2.05, 4.69) is 28.8 Å². The maximum Gasteiger partial charge on any atom is 0.0950 e. The lowest BCUT2D eigenvalue weighted by Crippen LogP contribution is -2.50. The van der Waals surface area contributed by atoms with Crippen molar-refractivity contribution in [2.45, 2.75) is 6.04 Å². The Morgan fingerprint density at radius 3 is 2.58 bits per heavy atom. The van der Waals surface area contributed by atoms with E-state index in [9.17, 15) is 0 Å². The zero-order valence-electron chi connectivity index (χ0n) is 12.1.